The van der Waals surface area contributed by atoms with Crippen LogP contribution in [0.25, 0.3) is 0 Å². The third-order valence-electron chi connectivity index (χ3n) is 5.31. The fraction of sp³-hybridized carbons (Fsp3) is 0.833. The van der Waals surface area contributed by atoms with Gasteiger partial charge in [-0.05, 0) is 56.4 Å². The Kier molecular flexibility index (Phi) is 5.78. The van der Waals surface area contributed by atoms with Crippen LogP contribution in [0.1, 0.15) is 55.4 Å². The first-order valence-electron chi connectivity index (χ1n) is 11.1. The first kappa shape index (κ1) is 16.0. The zero-order valence-corrected chi connectivity index (χ0v) is 15.7. The van der Waals surface area contributed by atoms with Crippen LogP contribution in [0.5, 0.6) is 0 Å². The van der Waals surface area contributed by atoms with Gasteiger partial charge in [-0.25, -0.2) is 0 Å². The minimum Gasteiger partial charge on any atom is -0.464 e. The number of nitrogens with zero attached hydrogens (tertiary/aromatic N) is 3. The Labute approximate surface area is 163 Å². The minimum atomic E-state index is -1.81. The van der Waals surface area contributed by atoms with Gasteiger partial charge in [0.15, 0.2) is 5.82 Å². The predicted molar refractivity (Wildman–Crippen MR) is 97.5 cm³/mol. The van der Waals surface area contributed by atoms with Crippen molar-refractivity contribution >= 4 is 11.9 Å². The van der Waals surface area contributed by atoms with Gasteiger partial charge >= 0.3 is 5.97 Å². The molecule has 0 spiro atoms. The number of carbonyl (C=O) groups is 2. The number of ether oxygens (including phenoxy) is 1. The van der Waals surface area contributed by atoms with Crippen molar-refractivity contribution in [2.75, 3.05) is 19.6 Å². The molecule has 2 heterocycles. The Balaban J connectivity index is 1.55. The summed E-state index contributed by atoms with van der Waals surface area (Å²) in [6, 6.07) is -1.81. The van der Waals surface area contributed by atoms with Gasteiger partial charge in [0.05, 0.1) is 7.98 Å². The van der Waals surface area contributed by atoms with Crippen LogP contribution in [0.4, 0.5) is 0 Å². The Morgan fingerprint density at radius 2 is 2.26 bits per heavy atom. The zero-order chi connectivity index (χ0) is 21.8. The smallest absolute Gasteiger partial charge is 0.323 e. The summed E-state index contributed by atoms with van der Waals surface area (Å²) in [6.45, 7) is 0.0634. The number of aromatic nitrogens is 4. The summed E-state index contributed by atoms with van der Waals surface area (Å²) in [7, 11) is 0. The first-order valence-corrected chi connectivity index (χ1v) is 9.63. The average molecular weight is 381 g/mol. The monoisotopic (exact) mass is 381 g/mol. The highest BCUT2D eigenvalue weighted by Gasteiger charge is 2.38. The minimum absolute atomic E-state index is 0.0744. The highest BCUT2D eigenvalue weighted by atomic mass is 16.5. The maximum Gasteiger partial charge on any atom is 0.323 e. The molecule has 1 aliphatic carbocycles. The van der Waals surface area contributed by atoms with Crippen LogP contribution in [0.15, 0.2) is 0 Å². The topological polar surface area (TPSA) is 122 Å². The highest BCUT2D eigenvalue weighted by molar-refractivity contribution is 5.76. The number of amides is 1. The predicted octanol–water partition coefficient (Wildman–Crippen LogP) is 0.596. The van der Waals surface area contributed by atoms with Gasteiger partial charge in [0.25, 0.3) is 0 Å². The van der Waals surface area contributed by atoms with Crippen molar-refractivity contribution in [1.29, 1.82) is 0 Å². The second-order valence-electron chi connectivity index (χ2n) is 7.34. The van der Waals surface area contributed by atoms with Crippen molar-refractivity contribution in [3.8, 4) is 0 Å². The number of fused-ring (bicyclic) bond motifs is 1. The van der Waals surface area contributed by atoms with Gasteiger partial charge in [-0.3, -0.25) is 9.59 Å². The normalized spacial score (nSPS) is 33.8. The third-order valence-corrected chi connectivity index (χ3v) is 5.31. The van der Waals surface area contributed by atoms with E-state index in [0.717, 1.165) is 19.3 Å². The number of piperidine rings is 1. The molecule has 1 saturated heterocycles. The summed E-state index contributed by atoms with van der Waals surface area (Å²) in [4.78, 5) is 23.5. The van der Waals surface area contributed by atoms with E-state index in [1.165, 1.54) is 6.92 Å². The summed E-state index contributed by atoms with van der Waals surface area (Å²) in [6.07, 6.45) is 4.62. The lowest BCUT2D eigenvalue weighted by atomic mass is 9.69. The number of rotatable bonds is 8. The van der Waals surface area contributed by atoms with Gasteiger partial charge in [-0.1, -0.05) is 11.6 Å². The maximum absolute atomic E-state index is 12.6. The molecule has 27 heavy (non-hydrogen) atoms. The van der Waals surface area contributed by atoms with Crippen LogP contribution in [0.2, 0.25) is 0 Å². The molecule has 0 bridgehead atoms. The standard InChI is InChI=1S/C18H30N6O3/c1-12(25)19-7-2-8-27-18(26)16-10-15-9-13(3-5-14(15)11-20-16)4-6-17-21-23-24-22-17/h13-16,20H,2-11H2,1H3,(H,19,25)(H,21,22,23,24)/t13-,14+,15-,16+/m1/s1/i11D2,16D. The molecule has 0 radical (unpaired) electrons. The van der Waals surface area contributed by atoms with Gasteiger partial charge in [0, 0.05) is 22.6 Å². The maximum atomic E-state index is 12.6. The average Bonchev–Trinajstić information content (AvgIpc) is 3.18. The molecule has 0 unspecified atom stereocenters. The lowest BCUT2D eigenvalue weighted by Gasteiger charge is -2.42. The number of tetrazole rings is 1. The van der Waals surface area contributed by atoms with E-state index in [2.05, 4.69) is 31.3 Å². The van der Waals surface area contributed by atoms with E-state index < -0.39 is 18.5 Å². The van der Waals surface area contributed by atoms with Crippen molar-refractivity contribution in [1.82, 2.24) is 31.3 Å². The molecule has 0 aromatic carbocycles. The summed E-state index contributed by atoms with van der Waals surface area (Å²) >= 11 is 0. The first-order chi connectivity index (χ1) is 14.2. The molecular formula is C18H30N6O3. The second kappa shape index (κ2) is 9.77. The number of hydrogen-bond acceptors (Lipinski definition) is 7. The van der Waals surface area contributed by atoms with Crippen molar-refractivity contribution in [3.05, 3.63) is 5.82 Å². The Hall–Kier alpha value is -2.03. The highest BCUT2D eigenvalue weighted by Crippen LogP contribution is 2.40. The summed E-state index contributed by atoms with van der Waals surface area (Å²) < 4.78 is 30.7. The van der Waals surface area contributed by atoms with Crippen molar-refractivity contribution < 1.29 is 18.4 Å². The molecule has 1 aromatic heterocycles. The van der Waals surface area contributed by atoms with Crippen LogP contribution >= 0.6 is 0 Å². The van der Waals surface area contributed by atoms with E-state index in [4.69, 9.17) is 8.85 Å². The molecular weight excluding hydrogens is 348 g/mol. The van der Waals surface area contributed by atoms with E-state index in [-0.39, 0.29) is 30.8 Å². The molecule has 2 fully saturated rings. The van der Waals surface area contributed by atoms with Crippen molar-refractivity contribution in [3.63, 3.8) is 0 Å². The van der Waals surface area contributed by atoms with E-state index >= 15 is 0 Å². The van der Waals surface area contributed by atoms with Gasteiger partial charge in [0.1, 0.15) is 6.02 Å². The summed E-state index contributed by atoms with van der Waals surface area (Å²) in [5, 5.41) is 19.2. The fourth-order valence-electron chi connectivity index (χ4n) is 3.88. The van der Waals surface area contributed by atoms with Crippen LogP contribution in [-0.4, -0.2) is 58.2 Å². The second-order valence-corrected chi connectivity index (χ2v) is 7.34. The number of carbonyl (C=O) groups excluding carboxylic acids is 2. The molecule has 2 aliphatic rings. The Morgan fingerprint density at radius 1 is 1.37 bits per heavy atom. The van der Waals surface area contributed by atoms with E-state index in [0.29, 0.717) is 37.5 Å². The number of H-pyrrole nitrogens is 1. The van der Waals surface area contributed by atoms with Crippen LogP contribution in [0, 0.1) is 17.8 Å². The van der Waals surface area contributed by atoms with Crippen LogP contribution in [0.3, 0.4) is 0 Å². The Bertz CT molecular complexity index is 735. The van der Waals surface area contributed by atoms with Gasteiger partial charge < -0.3 is 15.4 Å². The lowest BCUT2D eigenvalue weighted by molar-refractivity contribution is -0.148. The number of hydrogen-bond donors (Lipinski definition) is 3. The van der Waals surface area contributed by atoms with Gasteiger partial charge in [-0.2, -0.15) is 5.21 Å². The van der Waals surface area contributed by atoms with Crippen LogP contribution in [-0.2, 0) is 20.7 Å². The molecule has 3 rings (SSSR count). The summed E-state index contributed by atoms with van der Waals surface area (Å²) in [5.41, 5.74) is 0. The quantitative estimate of drug-likeness (QED) is 0.445. The lowest BCUT2D eigenvalue weighted by Crippen LogP contribution is -2.50. The van der Waals surface area contributed by atoms with E-state index in [1.807, 2.05) is 0 Å². The summed E-state index contributed by atoms with van der Waals surface area (Å²) in [5.74, 6) is -0.189. The molecule has 9 nitrogen and oxygen atoms in total. The number of aromatic amines is 1. The van der Waals surface area contributed by atoms with Crippen molar-refractivity contribution in [2.45, 2.75) is 57.9 Å². The Morgan fingerprint density at radius 3 is 3.04 bits per heavy atom. The molecule has 4 atom stereocenters. The fourth-order valence-corrected chi connectivity index (χ4v) is 3.88. The molecule has 1 amide bonds. The zero-order valence-electron chi connectivity index (χ0n) is 18.7. The molecule has 1 saturated carbocycles. The molecule has 150 valence electrons. The molecule has 1 aliphatic heterocycles. The SMILES string of the molecule is [2H]C1([2H])N[C@]([2H])(C(=O)OCCCNC(C)=O)C[C@H]2C[C@@H](CCc3nn[nH]n3)CC[C@H]21. The van der Waals surface area contributed by atoms with Gasteiger partial charge in [-0.15, -0.1) is 10.2 Å². The van der Waals surface area contributed by atoms with E-state index in [1.54, 1.807) is 0 Å². The number of aryl methyl sites for hydroxylation is 1. The van der Waals surface area contributed by atoms with E-state index in [9.17, 15) is 9.59 Å². The third kappa shape index (κ3) is 5.98. The van der Waals surface area contributed by atoms with Gasteiger partial charge in [0.2, 0.25) is 5.91 Å². The number of esters is 1. The molecule has 1 aromatic rings. The van der Waals surface area contributed by atoms with Crippen molar-refractivity contribution in [2.24, 2.45) is 17.8 Å². The molecule has 3 N–H and O–H groups in total. The number of nitrogens with one attached hydrogen (secondary N) is 3. The largest absolute Gasteiger partial charge is 0.464 e. The molecule has 9 heteroatoms. The van der Waals surface area contributed by atoms with Crippen LogP contribution < -0.4 is 10.6 Å².